The summed E-state index contributed by atoms with van der Waals surface area (Å²) in [6.45, 7) is 2.00. The summed E-state index contributed by atoms with van der Waals surface area (Å²) in [5.41, 5.74) is 0. The van der Waals surface area contributed by atoms with Gasteiger partial charge in [0.05, 0.1) is 19.6 Å². The minimum absolute atomic E-state index is 0.0352. The Morgan fingerprint density at radius 2 is 0.853 bits per heavy atom. The number of carboxylic acids is 5. The molecule has 0 amide bonds. The third-order valence-corrected chi connectivity index (χ3v) is 5.28. The number of carboxylic acid groups (broad SMARTS) is 5. The van der Waals surface area contributed by atoms with E-state index in [-0.39, 0.29) is 58.9 Å². The molecule has 0 bridgehead atoms. The average molecular weight is 491 g/mol. The molecule has 1 aliphatic heterocycles. The summed E-state index contributed by atoms with van der Waals surface area (Å²) >= 11 is 0. The Labute approximate surface area is 196 Å². The molecule has 0 radical (unpaired) electrons. The topological polar surface area (TPSA) is 211 Å². The second-order valence-electron chi connectivity index (χ2n) is 7.91. The number of carbonyl (C=O) groups is 5. The van der Waals surface area contributed by atoms with Gasteiger partial charge in [-0.15, -0.1) is 0 Å². The van der Waals surface area contributed by atoms with Crippen LogP contribution in [0.2, 0.25) is 0 Å². The fourth-order valence-electron chi connectivity index (χ4n) is 3.50. The van der Waals surface area contributed by atoms with Gasteiger partial charge in [0.1, 0.15) is 0 Å². The summed E-state index contributed by atoms with van der Waals surface area (Å²) in [7, 11) is 0. The summed E-state index contributed by atoms with van der Waals surface area (Å²) in [6, 6.07) is -1.76. The first kappa shape index (κ1) is 29.2. The van der Waals surface area contributed by atoms with E-state index in [4.69, 9.17) is 15.3 Å². The van der Waals surface area contributed by atoms with Gasteiger partial charge in [-0.2, -0.15) is 0 Å². The van der Waals surface area contributed by atoms with Crippen LogP contribution in [0.15, 0.2) is 0 Å². The maximum atomic E-state index is 11.3. The highest BCUT2D eigenvalue weighted by atomic mass is 16.4. The first-order valence-electron chi connectivity index (χ1n) is 10.7. The zero-order valence-electron chi connectivity index (χ0n) is 18.8. The lowest BCUT2D eigenvalue weighted by atomic mass is 10.3. The van der Waals surface area contributed by atoms with Crippen molar-refractivity contribution < 1.29 is 49.5 Å². The standard InChI is InChI=1S/C19H33N5O10/c25-14(26)11-22-5-3-21(2-1-20-17(18(31)32)19(33)34)4-6-23(12-15(27)28)8-10-24(9-7-22)13-16(29)30/h17,20H,1-13H2,(H,25,26)(H,27,28)(H,29,30)(H,31,32)(H,33,34). The molecule has 0 aromatic heterocycles. The van der Waals surface area contributed by atoms with Crippen molar-refractivity contribution in [3.05, 3.63) is 0 Å². The number of nitrogens with zero attached hydrogens (tertiary/aromatic N) is 4. The molecule has 15 heteroatoms. The molecule has 1 heterocycles. The van der Waals surface area contributed by atoms with Crippen molar-refractivity contribution in [2.24, 2.45) is 0 Å². The quantitative estimate of drug-likeness (QED) is 0.147. The summed E-state index contributed by atoms with van der Waals surface area (Å²) in [6.07, 6.45) is 0. The van der Waals surface area contributed by atoms with Crippen LogP contribution in [0.5, 0.6) is 0 Å². The summed E-state index contributed by atoms with van der Waals surface area (Å²) in [4.78, 5) is 62.6. The summed E-state index contributed by atoms with van der Waals surface area (Å²) < 4.78 is 0. The van der Waals surface area contributed by atoms with E-state index in [0.717, 1.165) is 0 Å². The molecule has 1 rings (SSSR count). The van der Waals surface area contributed by atoms with Crippen LogP contribution in [-0.4, -0.2) is 166 Å². The van der Waals surface area contributed by atoms with Gasteiger partial charge in [-0.05, 0) is 0 Å². The van der Waals surface area contributed by atoms with E-state index >= 15 is 0 Å². The molecule has 34 heavy (non-hydrogen) atoms. The molecule has 1 saturated heterocycles. The monoisotopic (exact) mass is 491 g/mol. The SMILES string of the molecule is O=C(O)CN1CCN(CCNC(C(=O)O)C(=O)O)CCN(CC(=O)O)CCN(CC(=O)O)CC1. The average Bonchev–Trinajstić information content (AvgIpc) is 2.70. The van der Waals surface area contributed by atoms with Gasteiger partial charge in [0, 0.05) is 65.4 Å². The third kappa shape index (κ3) is 12.4. The van der Waals surface area contributed by atoms with Crippen LogP contribution in [0.25, 0.3) is 0 Å². The van der Waals surface area contributed by atoms with Crippen molar-refractivity contribution in [2.45, 2.75) is 6.04 Å². The van der Waals surface area contributed by atoms with Crippen molar-refractivity contribution in [2.75, 3.05) is 85.1 Å². The Morgan fingerprint density at radius 1 is 0.559 bits per heavy atom. The van der Waals surface area contributed by atoms with Crippen molar-refractivity contribution in [1.29, 1.82) is 0 Å². The van der Waals surface area contributed by atoms with E-state index in [2.05, 4.69) is 5.32 Å². The lowest BCUT2D eigenvalue weighted by Crippen LogP contribution is -2.50. The van der Waals surface area contributed by atoms with Gasteiger partial charge in [0.2, 0.25) is 6.04 Å². The fraction of sp³-hybridized carbons (Fsp3) is 0.737. The fourth-order valence-corrected chi connectivity index (χ4v) is 3.50. The number of hydrogen-bond acceptors (Lipinski definition) is 10. The first-order valence-corrected chi connectivity index (χ1v) is 10.7. The zero-order chi connectivity index (χ0) is 25.7. The Balaban J connectivity index is 2.91. The van der Waals surface area contributed by atoms with Gasteiger partial charge in [0.15, 0.2) is 0 Å². The minimum Gasteiger partial charge on any atom is -0.480 e. The zero-order valence-corrected chi connectivity index (χ0v) is 18.8. The number of rotatable bonds is 12. The van der Waals surface area contributed by atoms with Crippen LogP contribution in [0.4, 0.5) is 0 Å². The molecule has 1 fully saturated rings. The third-order valence-electron chi connectivity index (χ3n) is 5.28. The summed E-state index contributed by atoms with van der Waals surface area (Å²) in [5, 5.41) is 48.0. The van der Waals surface area contributed by atoms with E-state index in [1.165, 1.54) is 0 Å². The number of aliphatic carboxylic acids is 5. The van der Waals surface area contributed by atoms with Gasteiger partial charge in [-0.3, -0.25) is 39.3 Å². The minimum atomic E-state index is -1.76. The highest BCUT2D eigenvalue weighted by molar-refractivity contribution is 5.97. The molecule has 0 atom stereocenters. The lowest BCUT2D eigenvalue weighted by Gasteiger charge is -2.33. The number of nitrogens with one attached hydrogen (secondary N) is 1. The smallest absolute Gasteiger partial charge is 0.332 e. The van der Waals surface area contributed by atoms with Gasteiger partial charge in [-0.1, -0.05) is 0 Å². The molecule has 0 saturated carbocycles. The highest BCUT2D eigenvalue weighted by Crippen LogP contribution is 2.01. The molecule has 0 aromatic carbocycles. The maximum Gasteiger partial charge on any atom is 0.332 e. The van der Waals surface area contributed by atoms with Crippen molar-refractivity contribution in [3.63, 3.8) is 0 Å². The first-order chi connectivity index (χ1) is 16.0. The molecule has 15 nitrogen and oxygen atoms in total. The largest absolute Gasteiger partial charge is 0.480 e. The van der Waals surface area contributed by atoms with E-state index in [0.29, 0.717) is 26.2 Å². The molecular formula is C19H33N5O10. The van der Waals surface area contributed by atoms with Gasteiger partial charge >= 0.3 is 29.8 Å². The molecule has 0 aliphatic carbocycles. The van der Waals surface area contributed by atoms with Gasteiger partial charge in [-0.25, -0.2) is 9.59 Å². The summed E-state index contributed by atoms with van der Waals surface area (Å²) in [5.74, 6) is -6.16. The van der Waals surface area contributed by atoms with E-state index in [1.807, 2.05) is 4.90 Å². The molecule has 1 aliphatic rings. The van der Waals surface area contributed by atoms with E-state index in [1.54, 1.807) is 14.7 Å². The van der Waals surface area contributed by atoms with Crippen LogP contribution in [-0.2, 0) is 24.0 Å². The van der Waals surface area contributed by atoms with Crippen LogP contribution >= 0.6 is 0 Å². The predicted octanol–water partition coefficient (Wildman–Crippen LogP) is -3.41. The molecule has 0 spiro atoms. The molecule has 0 unspecified atom stereocenters. The lowest BCUT2D eigenvalue weighted by molar-refractivity contribution is -0.151. The van der Waals surface area contributed by atoms with Crippen molar-refractivity contribution >= 4 is 29.8 Å². The van der Waals surface area contributed by atoms with Gasteiger partial charge in [0.25, 0.3) is 0 Å². The van der Waals surface area contributed by atoms with Crippen LogP contribution in [0.1, 0.15) is 0 Å². The van der Waals surface area contributed by atoms with Crippen molar-refractivity contribution in [3.8, 4) is 0 Å². The Hall–Kier alpha value is -2.85. The van der Waals surface area contributed by atoms with Crippen LogP contribution in [0, 0.1) is 0 Å². The van der Waals surface area contributed by atoms with Gasteiger partial charge < -0.3 is 25.5 Å². The normalized spacial score (nSPS) is 18.1. The number of hydrogen-bond donors (Lipinski definition) is 6. The second-order valence-corrected chi connectivity index (χ2v) is 7.91. The molecule has 0 aromatic rings. The Bertz CT molecular complexity index is 676. The van der Waals surface area contributed by atoms with E-state index < -0.39 is 35.9 Å². The van der Waals surface area contributed by atoms with Crippen molar-refractivity contribution in [1.82, 2.24) is 24.9 Å². The van der Waals surface area contributed by atoms with Crippen LogP contribution < -0.4 is 5.32 Å². The highest BCUT2D eigenvalue weighted by Gasteiger charge is 2.25. The molecule has 6 N–H and O–H groups in total. The Kier molecular flexibility index (Phi) is 13.0. The molecular weight excluding hydrogens is 458 g/mol. The van der Waals surface area contributed by atoms with E-state index in [9.17, 15) is 34.2 Å². The Morgan fingerprint density at radius 3 is 1.12 bits per heavy atom. The maximum absolute atomic E-state index is 11.3. The second kappa shape index (κ2) is 15.1. The molecule has 194 valence electrons. The predicted molar refractivity (Wildman–Crippen MR) is 116 cm³/mol. The van der Waals surface area contributed by atoms with Crippen LogP contribution in [0.3, 0.4) is 0 Å².